The molecule has 0 aromatic heterocycles. The Kier molecular flexibility index (Phi) is 8.80. The van der Waals surface area contributed by atoms with Crippen LogP contribution in [0.2, 0.25) is 0 Å². The van der Waals surface area contributed by atoms with E-state index in [1.807, 2.05) is 0 Å². The minimum Gasteiger partial charge on any atom is -0.465 e. The molecule has 1 aliphatic carbocycles. The maximum Gasteiger partial charge on any atom is 0.340 e. The van der Waals surface area contributed by atoms with E-state index >= 15 is 0 Å². The van der Waals surface area contributed by atoms with Crippen molar-refractivity contribution in [3.8, 4) is 0 Å². The van der Waals surface area contributed by atoms with Crippen molar-refractivity contribution < 1.29 is 36.6 Å². The van der Waals surface area contributed by atoms with E-state index < -0.39 is 30.9 Å². The van der Waals surface area contributed by atoms with Gasteiger partial charge < -0.3 is 9.47 Å². The van der Waals surface area contributed by atoms with Crippen molar-refractivity contribution in [3.05, 3.63) is 0 Å². The smallest absolute Gasteiger partial charge is 0.340 e. The first kappa shape index (κ1) is 21.0. The highest BCUT2D eigenvalue weighted by Crippen LogP contribution is 2.28. The third kappa shape index (κ3) is 7.68. The normalized spacial score (nSPS) is 21.6. The third-order valence-corrected chi connectivity index (χ3v) is 4.36. The summed E-state index contributed by atoms with van der Waals surface area (Å²) >= 11 is 6.14. The van der Waals surface area contributed by atoms with Crippen LogP contribution in [0.4, 0.5) is 17.6 Å². The molecule has 4 nitrogen and oxygen atoms in total. The number of alkyl halides is 5. The lowest BCUT2D eigenvalue weighted by atomic mass is 9.89. The number of rotatable bonds is 9. The van der Waals surface area contributed by atoms with Crippen LogP contribution in [0.15, 0.2) is 0 Å². The molecule has 9 heteroatoms. The number of hydrogen-bond acceptors (Lipinski definition) is 4. The summed E-state index contributed by atoms with van der Waals surface area (Å²) in [7, 11) is 0. The van der Waals surface area contributed by atoms with E-state index in [2.05, 4.69) is 4.74 Å². The van der Waals surface area contributed by atoms with E-state index in [1.165, 1.54) is 0 Å². The minimum atomic E-state index is -4.37. The van der Waals surface area contributed by atoms with Crippen molar-refractivity contribution in [3.63, 3.8) is 0 Å². The lowest BCUT2D eigenvalue weighted by Gasteiger charge is -2.26. The van der Waals surface area contributed by atoms with Crippen LogP contribution in [0, 0.1) is 5.92 Å². The Balaban J connectivity index is 2.13. The molecule has 0 bridgehead atoms. The Hall–Kier alpha value is -1.05. The Morgan fingerprint density at radius 2 is 1.67 bits per heavy atom. The second kappa shape index (κ2) is 10.1. The van der Waals surface area contributed by atoms with Gasteiger partial charge in [0.05, 0.1) is 6.61 Å². The quantitative estimate of drug-likeness (QED) is 0.347. The molecule has 0 heterocycles. The van der Waals surface area contributed by atoms with Gasteiger partial charge in [-0.25, -0.2) is 8.78 Å². The summed E-state index contributed by atoms with van der Waals surface area (Å²) in [6.45, 7) is -1.45. The molecule has 2 unspecified atom stereocenters. The van der Waals surface area contributed by atoms with Crippen LogP contribution in [0.1, 0.15) is 44.9 Å². The molecule has 1 fully saturated rings. The number of carbonyl (C=O) groups is 2. The summed E-state index contributed by atoms with van der Waals surface area (Å²) in [6, 6.07) is 0. The largest absolute Gasteiger partial charge is 0.465 e. The standard InChI is InChI=1S/C15H21ClF4O4/c16-11-5-2-1-4-10(11)8-23-12(21)6-3-7-13(22)24-9-15(19,20)14(17)18/h10-11,14H,1-9H2. The molecule has 0 radical (unpaired) electrons. The highest BCUT2D eigenvalue weighted by atomic mass is 35.5. The van der Waals surface area contributed by atoms with Gasteiger partial charge in [0.25, 0.3) is 0 Å². The molecule has 0 amide bonds. The molecule has 140 valence electrons. The zero-order valence-electron chi connectivity index (χ0n) is 13.1. The maximum absolute atomic E-state index is 12.6. The number of esters is 2. The van der Waals surface area contributed by atoms with Crippen LogP contribution in [0.3, 0.4) is 0 Å². The fourth-order valence-corrected chi connectivity index (χ4v) is 2.66. The average Bonchev–Trinajstić information content (AvgIpc) is 2.52. The van der Waals surface area contributed by atoms with Crippen molar-refractivity contribution in [2.75, 3.05) is 13.2 Å². The van der Waals surface area contributed by atoms with E-state index in [0.29, 0.717) is 0 Å². The van der Waals surface area contributed by atoms with Crippen LogP contribution >= 0.6 is 11.6 Å². The Bertz CT molecular complexity index is 420. The summed E-state index contributed by atoms with van der Waals surface area (Å²) in [4.78, 5) is 22.7. The molecule has 0 N–H and O–H groups in total. The van der Waals surface area contributed by atoms with Crippen molar-refractivity contribution >= 4 is 23.5 Å². The van der Waals surface area contributed by atoms with Crippen LogP contribution in [0.5, 0.6) is 0 Å². The summed E-state index contributed by atoms with van der Waals surface area (Å²) in [5.74, 6) is -5.83. The molecule has 1 saturated carbocycles. The minimum absolute atomic E-state index is 0.0157. The van der Waals surface area contributed by atoms with Crippen LogP contribution in [-0.4, -0.2) is 42.9 Å². The first-order valence-corrected chi connectivity index (χ1v) is 8.27. The van der Waals surface area contributed by atoms with Gasteiger partial charge in [-0.3, -0.25) is 9.59 Å². The fraction of sp³-hybridized carbons (Fsp3) is 0.867. The number of ether oxygens (including phenoxy) is 2. The lowest BCUT2D eigenvalue weighted by molar-refractivity contribution is -0.179. The topological polar surface area (TPSA) is 52.6 Å². The predicted molar refractivity (Wildman–Crippen MR) is 78.3 cm³/mol. The molecule has 24 heavy (non-hydrogen) atoms. The van der Waals surface area contributed by atoms with Gasteiger partial charge in [-0.2, -0.15) is 8.78 Å². The van der Waals surface area contributed by atoms with Crippen molar-refractivity contribution in [2.24, 2.45) is 5.92 Å². The van der Waals surface area contributed by atoms with Crippen molar-refractivity contribution in [1.82, 2.24) is 0 Å². The number of carbonyl (C=O) groups excluding carboxylic acids is 2. The molecule has 0 aliphatic heterocycles. The fourth-order valence-electron chi connectivity index (χ4n) is 2.31. The van der Waals surface area contributed by atoms with Gasteiger partial charge in [0, 0.05) is 24.1 Å². The van der Waals surface area contributed by atoms with Gasteiger partial charge >= 0.3 is 24.3 Å². The Labute approximate surface area is 142 Å². The summed E-state index contributed by atoms with van der Waals surface area (Å²) < 4.78 is 58.0. The average molecular weight is 377 g/mol. The first-order chi connectivity index (χ1) is 11.2. The Morgan fingerprint density at radius 3 is 2.25 bits per heavy atom. The van der Waals surface area contributed by atoms with E-state index in [9.17, 15) is 27.2 Å². The number of hydrogen-bond donors (Lipinski definition) is 0. The third-order valence-electron chi connectivity index (χ3n) is 3.78. The van der Waals surface area contributed by atoms with E-state index in [0.717, 1.165) is 25.7 Å². The summed E-state index contributed by atoms with van der Waals surface area (Å²) in [5.41, 5.74) is 0. The van der Waals surface area contributed by atoms with Gasteiger partial charge in [-0.1, -0.05) is 12.8 Å². The van der Waals surface area contributed by atoms with Gasteiger partial charge in [0.15, 0.2) is 6.61 Å². The number of halogens is 5. The highest BCUT2D eigenvalue weighted by molar-refractivity contribution is 6.20. The molecule has 0 aromatic rings. The first-order valence-electron chi connectivity index (χ1n) is 7.83. The zero-order valence-corrected chi connectivity index (χ0v) is 13.9. The molecule has 0 saturated heterocycles. The lowest BCUT2D eigenvalue weighted by Crippen LogP contribution is -2.33. The van der Waals surface area contributed by atoms with E-state index in [1.54, 1.807) is 0 Å². The van der Waals surface area contributed by atoms with Gasteiger partial charge in [0.2, 0.25) is 0 Å². The van der Waals surface area contributed by atoms with E-state index in [4.69, 9.17) is 16.3 Å². The van der Waals surface area contributed by atoms with Crippen molar-refractivity contribution in [2.45, 2.75) is 62.7 Å². The molecule has 0 spiro atoms. The Morgan fingerprint density at radius 1 is 1.08 bits per heavy atom. The maximum atomic E-state index is 12.6. The SMILES string of the molecule is O=C(CCCC(=O)OCC(F)(F)C(F)F)OCC1CCCCC1Cl. The van der Waals surface area contributed by atoms with Crippen molar-refractivity contribution in [1.29, 1.82) is 0 Å². The van der Waals surface area contributed by atoms with Crippen LogP contribution < -0.4 is 0 Å². The van der Waals surface area contributed by atoms with E-state index in [-0.39, 0.29) is 37.2 Å². The second-order valence-corrected chi connectivity index (χ2v) is 6.38. The predicted octanol–water partition coefficient (Wildman–Crippen LogP) is 3.94. The van der Waals surface area contributed by atoms with Gasteiger partial charge in [-0.15, -0.1) is 11.6 Å². The van der Waals surface area contributed by atoms with Gasteiger partial charge in [0.1, 0.15) is 0 Å². The monoisotopic (exact) mass is 376 g/mol. The molecule has 0 aromatic carbocycles. The summed E-state index contributed by atoms with van der Waals surface area (Å²) in [6.07, 6.45) is -0.384. The second-order valence-electron chi connectivity index (χ2n) is 5.82. The van der Waals surface area contributed by atoms with Crippen LogP contribution in [0.25, 0.3) is 0 Å². The molecule has 1 rings (SSSR count). The molecule has 1 aliphatic rings. The van der Waals surface area contributed by atoms with Gasteiger partial charge in [-0.05, 0) is 19.3 Å². The molecule has 2 atom stereocenters. The highest BCUT2D eigenvalue weighted by Gasteiger charge is 2.42. The zero-order chi connectivity index (χ0) is 18.2. The molecular weight excluding hydrogens is 356 g/mol. The molecular formula is C15H21ClF4O4. The summed E-state index contributed by atoms with van der Waals surface area (Å²) in [5, 5.41) is -0.0157. The van der Waals surface area contributed by atoms with Crippen LogP contribution in [-0.2, 0) is 19.1 Å².